The molecule has 1 N–H and O–H groups in total. The van der Waals surface area contributed by atoms with Gasteiger partial charge in [-0.1, -0.05) is 6.92 Å². The second kappa shape index (κ2) is 6.22. The normalized spacial score (nSPS) is 20.3. The standard InChI is InChI=1S/C15H21FN2O2/c1-4-17-10(2)12-9-11(16)5-6-13(12)20-14-7-8-18(3)15(14)19/h5-6,9-10,14,17H,4,7-8H2,1-3H3. The van der Waals surface area contributed by atoms with Gasteiger partial charge in [-0.3, -0.25) is 4.79 Å². The van der Waals surface area contributed by atoms with Crippen molar-refractivity contribution >= 4 is 5.91 Å². The van der Waals surface area contributed by atoms with Crippen LogP contribution in [0.3, 0.4) is 0 Å². The molecular formula is C15H21FN2O2. The number of hydrogen-bond donors (Lipinski definition) is 1. The van der Waals surface area contributed by atoms with Crippen LogP contribution in [0.2, 0.25) is 0 Å². The Morgan fingerprint density at radius 3 is 2.90 bits per heavy atom. The zero-order valence-electron chi connectivity index (χ0n) is 12.1. The van der Waals surface area contributed by atoms with Crippen LogP contribution in [0.5, 0.6) is 5.75 Å². The molecule has 0 radical (unpaired) electrons. The van der Waals surface area contributed by atoms with E-state index in [4.69, 9.17) is 4.74 Å². The van der Waals surface area contributed by atoms with Crippen molar-refractivity contribution in [2.24, 2.45) is 0 Å². The quantitative estimate of drug-likeness (QED) is 0.898. The number of benzene rings is 1. The maximum Gasteiger partial charge on any atom is 0.263 e. The van der Waals surface area contributed by atoms with Gasteiger partial charge in [0.15, 0.2) is 6.10 Å². The molecule has 20 heavy (non-hydrogen) atoms. The molecule has 2 unspecified atom stereocenters. The van der Waals surface area contributed by atoms with E-state index in [0.717, 1.165) is 12.1 Å². The summed E-state index contributed by atoms with van der Waals surface area (Å²) in [7, 11) is 1.76. The Morgan fingerprint density at radius 2 is 2.30 bits per heavy atom. The van der Waals surface area contributed by atoms with Gasteiger partial charge in [0.25, 0.3) is 5.91 Å². The average molecular weight is 280 g/mol. The van der Waals surface area contributed by atoms with Gasteiger partial charge in [-0.05, 0) is 31.7 Å². The minimum Gasteiger partial charge on any atom is -0.480 e. The number of likely N-dealkylation sites (tertiary alicyclic amines) is 1. The second-order valence-corrected chi connectivity index (χ2v) is 5.12. The highest BCUT2D eigenvalue weighted by Crippen LogP contribution is 2.28. The number of amides is 1. The maximum atomic E-state index is 13.4. The molecule has 1 aromatic carbocycles. The van der Waals surface area contributed by atoms with Crippen LogP contribution < -0.4 is 10.1 Å². The van der Waals surface area contributed by atoms with E-state index in [2.05, 4.69) is 5.32 Å². The molecule has 5 heteroatoms. The predicted molar refractivity (Wildman–Crippen MR) is 75.2 cm³/mol. The van der Waals surface area contributed by atoms with Gasteiger partial charge in [-0.15, -0.1) is 0 Å². The van der Waals surface area contributed by atoms with Crippen molar-refractivity contribution < 1.29 is 13.9 Å². The number of ether oxygens (including phenoxy) is 1. The Kier molecular flexibility index (Phi) is 4.60. The van der Waals surface area contributed by atoms with Crippen LogP contribution in [0.1, 0.15) is 31.9 Å². The van der Waals surface area contributed by atoms with Crippen molar-refractivity contribution in [1.29, 1.82) is 0 Å². The molecule has 1 heterocycles. The third-order valence-corrected chi connectivity index (χ3v) is 3.60. The fraction of sp³-hybridized carbons (Fsp3) is 0.533. The smallest absolute Gasteiger partial charge is 0.263 e. The third-order valence-electron chi connectivity index (χ3n) is 3.60. The zero-order chi connectivity index (χ0) is 14.7. The van der Waals surface area contributed by atoms with E-state index in [0.29, 0.717) is 18.7 Å². The Bertz CT molecular complexity index is 493. The van der Waals surface area contributed by atoms with Crippen LogP contribution in [0.15, 0.2) is 18.2 Å². The van der Waals surface area contributed by atoms with Gasteiger partial charge in [0.1, 0.15) is 11.6 Å². The van der Waals surface area contributed by atoms with Gasteiger partial charge in [-0.2, -0.15) is 0 Å². The highest BCUT2D eigenvalue weighted by Gasteiger charge is 2.31. The highest BCUT2D eigenvalue weighted by atomic mass is 19.1. The average Bonchev–Trinajstić information content (AvgIpc) is 2.73. The van der Waals surface area contributed by atoms with Crippen molar-refractivity contribution in [3.8, 4) is 5.75 Å². The first-order valence-electron chi connectivity index (χ1n) is 6.97. The minimum absolute atomic E-state index is 0.0172. The van der Waals surface area contributed by atoms with Crippen molar-refractivity contribution in [2.75, 3.05) is 20.1 Å². The largest absolute Gasteiger partial charge is 0.480 e. The highest BCUT2D eigenvalue weighted by molar-refractivity contribution is 5.83. The molecule has 2 rings (SSSR count). The summed E-state index contributed by atoms with van der Waals surface area (Å²) in [6.07, 6.45) is 0.208. The van der Waals surface area contributed by atoms with E-state index in [9.17, 15) is 9.18 Å². The van der Waals surface area contributed by atoms with Crippen LogP contribution in [0.25, 0.3) is 0 Å². The van der Waals surface area contributed by atoms with Crippen LogP contribution in [0.4, 0.5) is 4.39 Å². The maximum absolute atomic E-state index is 13.4. The van der Waals surface area contributed by atoms with Crippen molar-refractivity contribution in [2.45, 2.75) is 32.4 Å². The summed E-state index contributed by atoms with van der Waals surface area (Å²) >= 11 is 0. The summed E-state index contributed by atoms with van der Waals surface area (Å²) < 4.78 is 19.3. The molecule has 1 amide bonds. The molecule has 1 aliphatic heterocycles. The molecular weight excluding hydrogens is 259 g/mol. The van der Waals surface area contributed by atoms with Gasteiger partial charge in [-0.25, -0.2) is 4.39 Å². The lowest BCUT2D eigenvalue weighted by Crippen LogP contribution is -2.30. The van der Waals surface area contributed by atoms with E-state index < -0.39 is 6.10 Å². The Morgan fingerprint density at radius 1 is 1.55 bits per heavy atom. The van der Waals surface area contributed by atoms with Crippen LogP contribution in [-0.2, 0) is 4.79 Å². The first-order chi connectivity index (χ1) is 9.52. The molecule has 2 atom stereocenters. The minimum atomic E-state index is -0.460. The molecule has 1 fully saturated rings. The van der Waals surface area contributed by atoms with Gasteiger partial charge >= 0.3 is 0 Å². The molecule has 0 bridgehead atoms. The van der Waals surface area contributed by atoms with Crippen molar-refractivity contribution in [1.82, 2.24) is 10.2 Å². The summed E-state index contributed by atoms with van der Waals surface area (Å²) in [5.74, 6) is 0.261. The number of carbonyl (C=O) groups is 1. The van der Waals surface area contributed by atoms with Crippen molar-refractivity contribution in [3.63, 3.8) is 0 Å². The number of likely N-dealkylation sites (N-methyl/N-ethyl adjacent to an activating group) is 1. The summed E-state index contributed by atoms with van der Waals surface area (Å²) in [5.41, 5.74) is 0.745. The van der Waals surface area contributed by atoms with E-state index >= 15 is 0 Å². The van der Waals surface area contributed by atoms with E-state index in [1.54, 1.807) is 18.0 Å². The summed E-state index contributed by atoms with van der Waals surface area (Å²) in [5, 5.41) is 3.23. The van der Waals surface area contributed by atoms with Gasteiger partial charge in [0.2, 0.25) is 0 Å². The van der Waals surface area contributed by atoms with Crippen LogP contribution in [-0.4, -0.2) is 37.0 Å². The summed E-state index contributed by atoms with van der Waals surface area (Å²) in [6, 6.07) is 4.40. The van der Waals surface area contributed by atoms with Crippen LogP contribution >= 0.6 is 0 Å². The second-order valence-electron chi connectivity index (χ2n) is 5.12. The third kappa shape index (κ3) is 3.10. The molecule has 1 aromatic rings. The molecule has 0 spiro atoms. The first-order valence-corrected chi connectivity index (χ1v) is 6.97. The van der Waals surface area contributed by atoms with E-state index in [-0.39, 0.29) is 17.8 Å². The lowest BCUT2D eigenvalue weighted by atomic mass is 10.1. The zero-order valence-corrected chi connectivity index (χ0v) is 12.1. The lowest BCUT2D eigenvalue weighted by molar-refractivity contribution is -0.132. The molecule has 4 nitrogen and oxygen atoms in total. The molecule has 1 aliphatic rings. The molecule has 0 saturated carbocycles. The Labute approximate surface area is 118 Å². The van der Waals surface area contributed by atoms with Gasteiger partial charge in [0.05, 0.1) is 0 Å². The van der Waals surface area contributed by atoms with Gasteiger partial charge < -0.3 is 15.0 Å². The number of carbonyl (C=O) groups excluding carboxylic acids is 1. The van der Waals surface area contributed by atoms with Crippen LogP contribution in [0, 0.1) is 5.82 Å². The monoisotopic (exact) mass is 280 g/mol. The number of nitrogens with zero attached hydrogens (tertiary/aromatic N) is 1. The van der Waals surface area contributed by atoms with E-state index in [1.807, 2.05) is 13.8 Å². The number of rotatable bonds is 5. The molecule has 0 aliphatic carbocycles. The summed E-state index contributed by atoms with van der Waals surface area (Å²) in [6.45, 7) is 5.42. The fourth-order valence-corrected chi connectivity index (χ4v) is 2.43. The molecule has 1 saturated heterocycles. The SMILES string of the molecule is CCNC(C)c1cc(F)ccc1OC1CCN(C)C1=O. The predicted octanol–water partition coefficient (Wildman–Crippen LogP) is 2.11. The number of hydrogen-bond acceptors (Lipinski definition) is 3. The fourth-order valence-electron chi connectivity index (χ4n) is 2.43. The van der Waals surface area contributed by atoms with Gasteiger partial charge in [0, 0.05) is 31.6 Å². The number of halogens is 1. The Hall–Kier alpha value is -1.62. The van der Waals surface area contributed by atoms with E-state index in [1.165, 1.54) is 12.1 Å². The summed E-state index contributed by atoms with van der Waals surface area (Å²) in [4.78, 5) is 13.5. The molecule has 110 valence electrons. The van der Waals surface area contributed by atoms with Crippen molar-refractivity contribution in [3.05, 3.63) is 29.6 Å². The number of nitrogens with one attached hydrogen (secondary N) is 1. The topological polar surface area (TPSA) is 41.6 Å². The first kappa shape index (κ1) is 14.8. The molecule has 0 aromatic heterocycles. The lowest BCUT2D eigenvalue weighted by Gasteiger charge is -2.20. The Balaban J connectivity index is 2.20.